The van der Waals surface area contributed by atoms with Crippen molar-refractivity contribution in [2.45, 2.75) is 26.3 Å². The van der Waals surface area contributed by atoms with Crippen LogP contribution in [0.3, 0.4) is 0 Å². The molecule has 0 bridgehead atoms. The molecule has 5 rings (SSSR count). The Kier molecular flexibility index (Phi) is 4.83. The molecule has 4 aromatic rings. The van der Waals surface area contributed by atoms with Gasteiger partial charge in [0.15, 0.2) is 5.76 Å². The molecule has 0 unspecified atom stereocenters. The molecule has 3 aromatic heterocycles. The van der Waals surface area contributed by atoms with Gasteiger partial charge in [0, 0.05) is 18.7 Å². The molecule has 1 saturated heterocycles. The molecule has 0 saturated carbocycles. The van der Waals surface area contributed by atoms with E-state index in [2.05, 4.69) is 28.8 Å². The Bertz CT molecular complexity index is 1160. The van der Waals surface area contributed by atoms with Crippen LogP contribution in [0.2, 0.25) is 0 Å². The third kappa shape index (κ3) is 3.30. The highest BCUT2D eigenvalue weighted by Crippen LogP contribution is 2.43. The summed E-state index contributed by atoms with van der Waals surface area (Å²) in [5.74, 6) is 1.67. The second kappa shape index (κ2) is 7.52. The number of halogens is 1. The van der Waals surface area contributed by atoms with Gasteiger partial charge in [-0.15, -0.1) is 5.10 Å². The quantitative estimate of drug-likeness (QED) is 0.499. The Labute approximate surface area is 177 Å². The van der Waals surface area contributed by atoms with Gasteiger partial charge in [-0.25, -0.2) is 4.39 Å². The van der Waals surface area contributed by atoms with Crippen LogP contribution in [0.15, 0.2) is 47.1 Å². The fourth-order valence-electron chi connectivity index (χ4n) is 4.56. The molecular formula is C22H23FN4O2S. The summed E-state index contributed by atoms with van der Waals surface area (Å²) < 4.78 is 21.7. The Morgan fingerprint density at radius 1 is 1.17 bits per heavy atom. The molecule has 3 atom stereocenters. The summed E-state index contributed by atoms with van der Waals surface area (Å²) in [5, 5.41) is 15.5. The highest BCUT2D eigenvalue weighted by atomic mass is 32.1. The topological polar surface area (TPSA) is 66.8 Å². The third-order valence-electron chi connectivity index (χ3n) is 5.65. The minimum atomic E-state index is -0.392. The minimum Gasteiger partial charge on any atom is -0.492 e. The van der Waals surface area contributed by atoms with E-state index in [1.165, 1.54) is 21.9 Å². The van der Waals surface area contributed by atoms with Crippen LogP contribution in [-0.2, 0) is 0 Å². The number of likely N-dealkylation sites (tertiary alicyclic amines) is 1. The van der Waals surface area contributed by atoms with Crippen molar-refractivity contribution in [2.24, 2.45) is 11.8 Å². The maximum Gasteiger partial charge on any atom is 0.230 e. The van der Waals surface area contributed by atoms with Gasteiger partial charge in [0.25, 0.3) is 0 Å². The lowest BCUT2D eigenvalue weighted by molar-refractivity contribution is 0.110. The molecule has 6 nitrogen and oxygen atoms in total. The van der Waals surface area contributed by atoms with Crippen molar-refractivity contribution in [1.29, 1.82) is 0 Å². The number of aromatic nitrogens is 3. The summed E-state index contributed by atoms with van der Waals surface area (Å²) in [6, 6.07) is 9.95. The first-order valence-electron chi connectivity index (χ1n) is 10.1. The maximum atomic E-state index is 14.9. The first-order valence-corrected chi connectivity index (χ1v) is 10.9. The van der Waals surface area contributed by atoms with E-state index in [0.717, 1.165) is 19.5 Å². The molecule has 0 radical (unpaired) electrons. The molecule has 30 heavy (non-hydrogen) atoms. The molecule has 1 aliphatic heterocycles. The third-order valence-corrected chi connectivity index (χ3v) is 6.72. The van der Waals surface area contributed by atoms with Crippen molar-refractivity contribution in [2.75, 3.05) is 13.1 Å². The van der Waals surface area contributed by atoms with Crippen LogP contribution in [0.4, 0.5) is 4.39 Å². The van der Waals surface area contributed by atoms with E-state index in [9.17, 15) is 9.50 Å². The van der Waals surface area contributed by atoms with Gasteiger partial charge in [0.2, 0.25) is 16.7 Å². The monoisotopic (exact) mass is 426 g/mol. The average molecular weight is 427 g/mol. The summed E-state index contributed by atoms with van der Waals surface area (Å²) in [6.45, 7) is 6.13. The molecular weight excluding hydrogens is 403 g/mol. The lowest BCUT2D eigenvalue weighted by Gasteiger charge is -2.40. The van der Waals surface area contributed by atoms with E-state index in [1.807, 2.05) is 6.07 Å². The zero-order valence-electron chi connectivity index (χ0n) is 16.8. The van der Waals surface area contributed by atoms with Crippen LogP contribution < -0.4 is 0 Å². The number of aromatic hydroxyl groups is 1. The van der Waals surface area contributed by atoms with Gasteiger partial charge in [-0.3, -0.25) is 4.90 Å². The van der Waals surface area contributed by atoms with Gasteiger partial charge < -0.3 is 9.52 Å². The fraction of sp³-hybridized carbons (Fsp3) is 0.364. The van der Waals surface area contributed by atoms with E-state index in [0.29, 0.717) is 38.8 Å². The lowest BCUT2D eigenvalue weighted by Crippen LogP contribution is -2.41. The molecule has 0 amide bonds. The number of fused-ring (bicyclic) bond motifs is 1. The largest absolute Gasteiger partial charge is 0.492 e. The zero-order valence-corrected chi connectivity index (χ0v) is 17.6. The molecule has 8 heteroatoms. The van der Waals surface area contributed by atoms with Crippen LogP contribution in [0.1, 0.15) is 36.8 Å². The van der Waals surface area contributed by atoms with Gasteiger partial charge in [-0.2, -0.15) is 9.50 Å². The summed E-state index contributed by atoms with van der Waals surface area (Å²) in [6.07, 6.45) is 2.71. The van der Waals surface area contributed by atoms with E-state index in [1.54, 1.807) is 30.5 Å². The van der Waals surface area contributed by atoms with Crippen LogP contribution >= 0.6 is 11.3 Å². The first kappa shape index (κ1) is 19.3. The predicted molar refractivity (Wildman–Crippen MR) is 113 cm³/mol. The minimum absolute atomic E-state index is 0.000520. The summed E-state index contributed by atoms with van der Waals surface area (Å²) in [4.78, 5) is 7.99. The average Bonchev–Trinajstić information content (AvgIpc) is 3.42. The summed E-state index contributed by atoms with van der Waals surface area (Å²) >= 11 is 1.34. The van der Waals surface area contributed by atoms with Crippen molar-refractivity contribution in [1.82, 2.24) is 19.5 Å². The molecule has 0 spiro atoms. The fourth-order valence-corrected chi connectivity index (χ4v) is 5.67. The molecule has 156 valence electrons. The Morgan fingerprint density at radius 2 is 1.93 bits per heavy atom. The van der Waals surface area contributed by atoms with Crippen LogP contribution in [0.25, 0.3) is 16.5 Å². The van der Waals surface area contributed by atoms with Crippen LogP contribution in [-0.4, -0.2) is 37.7 Å². The van der Waals surface area contributed by atoms with Gasteiger partial charge in [0.1, 0.15) is 5.82 Å². The normalized spacial score (nSPS) is 21.3. The predicted octanol–water partition coefficient (Wildman–Crippen LogP) is 4.96. The van der Waals surface area contributed by atoms with E-state index in [-0.39, 0.29) is 11.7 Å². The molecule has 1 N–H and O–H groups in total. The number of furan rings is 1. The Balaban J connectivity index is 1.62. The van der Waals surface area contributed by atoms with Crippen molar-refractivity contribution >= 4 is 16.3 Å². The highest BCUT2D eigenvalue weighted by molar-refractivity contribution is 7.17. The van der Waals surface area contributed by atoms with Crippen LogP contribution in [0.5, 0.6) is 5.88 Å². The van der Waals surface area contributed by atoms with Crippen LogP contribution in [0, 0.1) is 17.7 Å². The number of rotatable bonds is 4. The van der Waals surface area contributed by atoms with Gasteiger partial charge in [0.05, 0.1) is 17.2 Å². The summed E-state index contributed by atoms with van der Waals surface area (Å²) in [5.41, 5.74) is 0.560. The zero-order chi connectivity index (χ0) is 20.8. The van der Waals surface area contributed by atoms with E-state index >= 15 is 0 Å². The molecule has 1 aliphatic rings. The van der Waals surface area contributed by atoms with Gasteiger partial charge in [-0.1, -0.05) is 43.4 Å². The lowest BCUT2D eigenvalue weighted by atomic mass is 9.89. The molecule has 1 aromatic carbocycles. The van der Waals surface area contributed by atoms with Gasteiger partial charge in [-0.05, 0) is 36.5 Å². The first-order chi connectivity index (χ1) is 14.5. The SMILES string of the molecule is C[C@@H]1C[C@@H](C)CN([C@@H](c2ccccc2F)c2sc3nc(-c4ccco4)nn3c2O)C1. The van der Waals surface area contributed by atoms with Crippen molar-refractivity contribution in [3.63, 3.8) is 0 Å². The highest BCUT2D eigenvalue weighted by Gasteiger charge is 2.35. The number of thiazole rings is 1. The van der Waals surface area contributed by atoms with Crippen molar-refractivity contribution in [3.8, 4) is 17.5 Å². The maximum absolute atomic E-state index is 14.9. The number of nitrogens with zero attached hydrogens (tertiary/aromatic N) is 4. The van der Waals surface area contributed by atoms with Crippen molar-refractivity contribution in [3.05, 3.63) is 58.9 Å². The number of benzene rings is 1. The van der Waals surface area contributed by atoms with Gasteiger partial charge >= 0.3 is 0 Å². The molecule has 0 aliphatic carbocycles. The second-order valence-corrected chi connectivity index (χ2v) is 9.23. The number of piperidine rings is 1. The number of hydrogen-bond donors (Lipinski definition) is 1. The summed E-state index contributed by atoms with van der Waals surface area (Å²) in [7, 11) is 0. The Morgan fingerprint density at radius 3 is 2.60 bits per heavy atom. The number of hydrogen-bond acceptors (Lipinski definition) is 6. The van der Waals surface area contributed by atoms with Crippen molar-refractivity contribution < 1.29 is 13.9 Å². The van der Waals surface area contributed by atoms with E-state index in [4.69, 9.17) is 4.42 Å². The second-order valence-electron chi connectivity index (χ2n) is 8.22. The standard InChI is InChI=1S/C22H23FN4O2S/c1-13-10-14(2)12-26(11-13)18(15-6-3-4-7-16(15)23)19-21(28)27-22(30-19)24-20(25-27)17-8-5-9-29-17/h3-9,13-14,18,28H,10-12H2,1-2H3/t13-,14-,18+/m1/s1. The Hall–Kier alpha value is -2.71. The molecule has 1 fully saturated rings. The molecule has 4 heterocycles. The van der Waals surface area contributed by atoms with E-state index < -0.39 is 6.04 Å². The smallest absolute Gasteiger partial charge is 0.230 e.